The fraction of sp³-hybridized carbons (Fsp3) is 0.286. The maximum atomic E-state index is 12.8. The van der Waals surface area contributed by atoms with Crippen LogP contribution in [0.4, 0.5) is 13.2 Å². The molecule has 0 bridgehead atoms. The van der Waals surface area contributed by atoms with Crippen molar-refractivity contribution >= 4 is 39.2 Å². The van der Waals surface area contributed by atoms with Gasteiger partial charge in [-0.2, -0.15) is 13.2 Å². The maximum absolute atomic E-state index is 12.8. The van der Waals surface area contributed by atoms with Crippen LogP contribution in [-0.4, -0.2) is 9.97 Å². The lowest BCUT2D eigenvalue weighted by atomic mass is 10.1. The number of thiophene rings is 1. The highest BCUT2D eigenvalue weighted by Crippen LogP contribution is 2.37. The number of fused-ring (bicyclic) bond motifs is 1. The van der Waals surface area contributed by atoms with Gasteiger partial charge in [0, 0.05) is 4.88 Å². The molecule has 2 rings (SSSR count). The monoisotopic (exact) mass is 332 g/mol. The van der Waals surface area contributed by atoms with Crippen molar-refractivity contribution in [2.24, 2.45) is 0 Å². The summed E-state index contributed by atoms with van der Waals surface area (Å²) in [5.74, 6) is -1.20. The fourth-order valence-corrected chi connectivity index (χ4v) is 3.31. The van der Waals surface area contributed by atoms with E-state index in [1.807, 2.05) is 19.1 Å². The Morgan fingerprint density at radius 2 is 2.05 bits per heavy atom. The topological polar surface area (TPSA) is 25.8 Å². The van der Waals surface area contributed by atoms with Crippen LogP contribution >= 0.6 is 22.9 Å². The Bertz CT molecular complexity index is 704. The summed E-state index contributed by atoms with van der Waals surface area (Å²) in [6.07, 6.45) is 2.13. The highest BCUT2D eigenvalue weighted by molar-refractivity contribution is 7.20. The molecule has 21 heavy (non-hydrogen) atoms. The average molecular weight is 333 g/mol. The molecule has 2 aromatic rings. The van der Waals surface area contributed by atoms with Crippen molar-refractivity contribution in [3.8, 4) is 0 Å². The van der Waals surface area contributed by atoms with Gasteiger partial charge in [0.05, 0.1) is 10.2 Å². The highest BCUT2D eigenvalue weighted by atomic mass is 35.5. The minimum Gasteiger partial charge on any atom is -0.223 e. The Kier molecular flexibility index (Phi) is 4.68. The first-order valence-electron chi connectivity index (χ1n) is 6.22. The highest BCUT2D eigenvalue weighted by Gasteiger charge is 2.36. The second kappa shape index (κ2) is 6.15. The van der Waals surface area contributed by atoms with Gasteiger partial charge in [-0.3, -0.25) is 0 Å². The van der Waals surface area contributed by atoms with Crippen LogP contribution < -0.4 is 0 Å². The normalized spacial score (nSPS) is 12.4. The van der Waals surface area contributed by atoms with Gasteiger partial charge in [-0.1, -0.05) is 30.7 Å². The number of alkyl halides is 3. The molecule has 0 saturated heterocycles. The van der Waals surface area contributed by atoms with Gasteiger partial charge in [0.15, 0.2) is 5.15 Å². The third kappa shape index (κ3) is 3.27. The van der Waals surface area contributed by atoms with E-state index in [1.54, 1.807) is 6.08 Å². The predicted octanol–water partition coefficient (Wildman–Crippen LogP) is 5.52. The van der Waals surface area contributed by atoms with E-state index in [-0.39, 0.29) is 10.7 Å². The van der Waals surface area contributed by atoms with Gasteiger partial charge in [0.25, 0.3) is 0 Å². The van der Waals surface area contributed by atoms with Crippen molar-refractivity contribution in [1.29, 1.82) is 0 Å². The molecule has 2 nitrogen and oxygen atoms in total. The number of hydrogen-bond donors (Lipinski definition) is 0. The van der Waals surface area contributed by atoms with Crippen molar-refractivity contribution in [2.75, 3.05) is 0 Å². The number of hydrogen-bond acceptors (Lipinski definition) is 3. The molecule has 0 aliphatic rings. The zero-order valence-corrected chi connectivity index (χ0v) is 12.7. The maximum Gasteiger partial charge on any atom is 0.451 e. The standard InChI is InChI=1S/C14H12ClF3N2S/c1-3-5-6-7-9-8(4-2)10-11(21-9)12(15)20-13(19-10)14(16,17)18/h3,6-7H,1,4-5H2,2H3. The van der Waals surface area contributed by atoms with Crippen molar-refractivity contribution < 1.29 is 13.2 Å². The van der Waals surface area contributed by atoms with Crippen molar-refractivity contribution in [3.63, 3.8) is 0 Å². The van der Waals surface area contributed by atoms with Crippen LogP contribution in [0.15, 0.2) is 18.7 Å². The zero-order chi connectivity index (χ0) is 15.6. The van der Waals surface area contributed by atoms with Crippen LogP contribution in [0.1, 0.15) is 29.6 Å². The first kappa shape index (κ1) is 16.0. The van der Waals surface area contributed by atoms with E-state index in [9.17, 15) is 13.2 Å². The number of halogens is 4. The molecular formula is C14H12ClF3N2S. The van der Waals surface area contributed by atoms with E-state index in [2.05, 4.69) is 16.5 Å². The molecule has 0 spiro atoms. The molecule has 0 fully saturated rings. The lowest BCUT2D eigenvalue weighted by Gasteiger charge is -2.05. The van der Waals surface area contributed by atoms with Crippen LogP contribution in [0.3, 0.4) is 0 Å². The van der Waals surface area contributed by atoms with Crippen molar-refractivity contribution in [2.45, 2.75) is 25.9 Å². The molecule has 2 aromatic heterocycles. The Morgan fingerprint density at radius 3 is 2.62 bits per heavy atom. The van der Waals surface area contributed by atoms with Crippen LogP contribution in [0, 0.1) is 0 Å². The largest absolute Gasteiger partial charge is 0.451 e. The molecule has 0 unspecified atom stereocenters. The van der Waals surface area contributed by atoms with Gasteiger partial charge in [0.2, 0.25) is 5.82 Å². The summed E-state index contributed by atoms with van der Waals surface area (Å²) in [6, 6.07) is 0. The average Bonchev–Trinajstić information content (AvgIpc) is 2.76. The minimum absolute atomic E-state index is 0.157. The summed E-state index contributed by atoms with van der Waals surface area (Å²) in [6.45, 7) is 5.48. The van der Waals surface area contributed by atoms with E-state index in [0.717, 1.165) is 10.4 Å². The lowest BCUT2D eigenvalue weighted by Crippen LogP contribution is -2.11. The second-order valence-corrected chi connectivity index (χ2v) is 5.65. The molecule has 0 radical (unpaired) electrons. The van der Waals surface area contributed by atoms with Gasteiger partial charge in [-0.25, -0.2) is 9.97 Å². The van der Waals surface area contributed by atoms with Crippen molar-refractivity contribution in [1.82, 2.24) is 9.97 Å². The van der Waals surface area contributed by atoms with E-state index in [1.165, 1.54) is 11.3 Å². The number of aromatic nitrogens is 2. The Morgan fingerprint density at radius 1 is 1.33 bits per heavy atom. The van der Waals surface area contributed by atoms with E-state index in [0.29, 0.717) is 17.5 Å². The SMILES string of the molecule is C=CCC=Cc1sc2c(Cl)nc(C(F)(F)F)nc2c1CC. The third-order valence-corrected chi connectivity index (χ3v) is 4.38. The summed E-state index contributed by atoms with van der Waals surface area (Å²) in [5, 5.41) is -0.157. The van der Waals surface area contributed by atoms with Crippen molar-refractivity contribution in [3.05, 3.63) is 40.1 Å². The molecule has 0 amide bonds. The quantitative estimate of drug-likeness (QED) is 0.544. The Hall–Kier alpha value is -1.40. The Labute approximate surface area is 129 Å². The van der Waals surface area contributed by atoms with E-state index in [4.69, 9.17) is 11.6 Å². The lowest BCUT2D eigenvalue weighted by molar-refractivity contribution is -0.144. The smallest absolute Gasteiger partial charge is 0.223 e. The molecular weight excluding hydrogens is 321 g/mol. The Balaban J connectivity index is 2.65. The summed E-state index contributed by atoms with van der Waals surface area (Å²) >= 11 is 7.19. The summed E-state index contributed by atoms with van der Waals surface area (Å²) < 4.78 is 38.8. The molecule has 0 atom stereocenters. The van der Waals surface area contributed by atoms with E-state index >= 15 is 0 Å². The molecule has 0 aliphatic heterocycles. The first-order valence-corrected chi connectivity index (χ1v) is 7.41. The first-order chi connectivity index (χ1) is 9.88. The molecule has 112 valence electrons. The van der Waals surface area contributed by atoms with Crippen LogP contribution in [0.5, 0.6) is 0 Å². The van der Waals surface area contributed by atoms with Gasteiger partial charge >= 0.3 is 6.18 Å². The van der Waals surface area contributed by atoms with Gasteiger partial charge in [0.1, 0.15) is 0 Å². The molecule has 0 saturated carbocycles. The third-order valence-electron chi connectivity index (χ3n) is 2.80. The van der Waals surface area contributed by atoms with Gasteiger partial charge in [-0.05, 0) is 24.5 Å². The van der Waals surface area contributed by atoms with Crippen LogP contribution in [0.2, 0.25) is 5.15 Å². The number of aryl methyl sites for hydroxylation is 1. The number of rotatable bonds is 4. The second-order valence-electron chi connectivity index (χ2n) is 4.24. The molecule has 0 N–H and O–H groups in total. The van der Waals surface area contributed by atoms with Gasteiger partial charge in [-0.15, -0.1) is 17.9 Å². The molecule has 2 heterocycles. The van der Waals surface area contributed by atoms with Crippen LogP contribution in [-0.2, 0) is 12.6 Å². The molecule has 7 heteroatoms. The van der Waals surface area contributed by atoms with E-state index < -0.39 is 12.0 Å². The summed E-state index contributed by atoms with van der Waals surface area (Å²) in [5.41, 5.74) is 1.04. The summed E-state index contributed by atoms with van der Waals surface area (Å²) in [4.78, 5) is 7.87. The number of allylic oxidation sites excluding steroid dienone is 2. The van der Waals surface area contributed by atoms with Crippen LogP contribution in [0.25, 0.3) is 16.3 Å². The minimum atomic E-state index is -4.61. The zero-order valence-electron chi connectivity index (χ0n) is 11.2. The number of nitrogens with zero attached hydrogens (tertiary/aromatic N) is 2. The molecule has 0 aromatic carbocycles. The fourth-order valence-electron chi connectivity index (χ4n) is 1.88. The predicted molar refractivity (Wildman–Crippen MR) is 80.7 cm³/mol. The molecule has 0 aliphatic carbocycles. The summed E-state index contributed by atoms with van der Waals surface area (Å²) in [7, 11) is 0. The van der Waals surface area contributed by atoms with Gasteiger partial charge < -0.3 is 0 Å².